The largest absolute Gasteiger partial charge is 0.480 e. The molecule has 0 aliphatic carbocycles. The highest BCUT2D eigenvalue weighted by molar-refractivity contribution is 5.78. The first kappa shape index (κ1) is 12.2. The minimum atomic E-state index is -0.690. The minimum absolute atomic E-state index is 0.663. The number of carbonyl (C=O) groups is 1. The molecule has 1 aliphatic rings. The lowest BCUT2D eigenvalue weighted by molar-refractivity contribution is -0.152. The Labute approximate surface area is 91.8 Å². The van der Waals surface area contributed by atoms with E-state index in [4.69, 9.17) is 0 Å². The van der Waals surface area contributed by atoms with Crippen molar-refractivity contribution in [2.75, 3.05) is 13.1 Å². The van der Waals surface area contributed by atoms with Gasteiger partial charge >= 0.3 is 5.97 Å². The Bertz CT molecular complexity index is 269. The van der Waals surface area contributed by atoms with Crippen molar-refractivity contribution in [3.05, 3.63) is 11.6 Å². The molecule has 0 amide bonds. The maximum Gasteiger partial charge on any atom is 0.323 e. The number of hydrogen-bond donors (Lipinski definition) is 1. The van der Waals surface area contributed by atoms with Gasteiger partial charge in [0.15, 0.2) is 0 Å². The zero-order chi connectivity index (χ0) is 11.5. The quantitative estimate of drug-likeness (QED) is 0.728. The first-order valence-electron chi connectivity index (χ1n) is 5.58. The summed E-state index contributed by atoms with van der Waals surface area (Å²) in [5, 5.41) is 9.27. The third kappa shape index (κ3) is 2.81. The van der Waals surface area contributed by atoms with E-state index in [0.29, 0.717) is 0 Å². The molecule has 1 saturated heterocycles. The van der Waals surface area contributed by atoms with Gasteiger partial charge < -0.3 is 5.11 Å². The molecular weight excluding hydrogens is 190 g/mol. The molecule has 1 aliphatic heterocycles. The van der Waals surface area contributed by atoms with Crippen LogP contribution in [0.25, 0.3) is 0 Å². The third-order valence-electron chi connectivity index (χ3n) is 3.22. The highest BCUT2D eigenvalue weighted by Gasteiger charge is 2.40. The minimum Gasteiger partial charge on any atom is -0.480 e. The van der Waals surface area contributed by atoms with Crippen LogP contribution in [-0.2, 0) is 4.79 Å². The van der Waals surface area contributed by atoms with Crippen molar-refractivity contribution in [2.24, 2.45) is 0 Å². The summed E-state index contributed by atoms with van der Waals surface area (Å²) >= 11 is 0. The van der Waals surface area contributed by atoms with Crippen LogP contribution in [0, 0.1) is 0 Å². The molecule has 1 rings (SSSR count). The fourth-order valence-corrected chi connectivity index (χ4v) is 2.00. The molecule has 0 aromatic heterocycles. The molecular formula is C12H21NO2. The summed E-state index contributed by atoms with van der Waals surface area (Å²) in [5.41, 5.74) is 0.581. The number of allylic oxidation sites excluding steroid dienone is 1. The molecule has 0 aromatic rings. The van der Waals surface area contributed by atoms with E-state index in [1.807, 2.05) is 20.8 Å². The summed E-state index contributed by atoms with van der Waals surface area (Å²) in [4.78, 5) is 13.3. The van der Waals surface area contributed by atoms with Crippen LogP contribution in [0.15, 0.2) is 11.6 Å². The number of nitrogens with zero attached hydrogens (tertiary/aromatic N) is 1. The Kier molecular flexibility index (Phi) is 3.91. The summed E-state index contributed by atoms with van der Waals surface area (Å²) in [6.45, 7) is 7.58. The monoisotopic (exact) mass is 211 g/mol. The van der Waals surface area contributed by atoms with E-state index in [9.17, 15) is 9.90 Å². The van der Waals surface area contributed by atoms with Crippen LogP contribution in [0.4, 0.5) is 0 Å². The van der Waals surface area contributed by atoms with E-state index in [0.717, 1.165) is 32.4 Å². The Morgan fingerprint density at radius 2 is 2.13 bits per heavy atom. The van der Waals surface area contributed by atoms with Crippen molar-refractivity contribution < 1.29 is 9.90 Å². The second-order valence-corrected chi connectivity index (χ2v) is 4.76. The van der Waals surface area contributed by atoms with E-state index < -0.39 is 11.5 Å². The summed E-state index contributed by atoms with van der Waals surface area (Å²) in [6, 6.07) is 0. The van der Waals surface area contributed by atoms with Gasteiger partial charge in [0.25, 0.3) is 0 Å². The van der Waals surface area contributed by atoms with E-state index in [2.05, 4.69) is 11.0 Å². The summed E-state index contributed by atoms with van der Waals surface area (Å²) in [6.07, 6.45) is 5.00. The molecule has 3 heteroatoms. The Hall–Kier alpha value is -0.830. The van der Waals surface area contributed by atoms with Crippen molar-refractivity contribution in [3.63, 3.8) is 0 Å². The fraction of sp³-hybridized carbons (Fsp3) is 0.750. The number of piperidine rings is 1. The Morgan fingerprint density at radius 3 is 2.67 bits per heavy atom. The molecule has 0 spiro atoms. The lowest BCUT2D eigenvalue weighted by Gasteiger charge is -2.41. The molecule has 1 heterocycles. The van der Waals surface area contributed by atoms with Crippen molar-refractivity contribution in [1.82, 2.24) is 4.90 Å². The zero-order valence-corrected chi connectivity index (χ0v) is 9.92. The molecule has 1 atom stereocenters. The zero-order valence-electron chi connectivity index (χ0n) is 9.92. The van der Waals surface area contributed by atoms with Gasteiger partial charge in [0, 0.05) is 6.54 Å². The molecule has 0 bridgehead atoms. The van der Waals surface area contributed by atoms with E-state index in [-0.39, 0.29) is 0 Å². The molecule has 15 heavy (non-hydrogen) atoms. The van der Waals surface area contributed by atoms with Gasteiger partial charge in [0.1, 0.15) is 5.54 Å². The first-order chi connectivity index (χ1) is 6.97. The fourth-order valence-electron chi connectivity index (χ4n) is 2.00. The second kappa shape index (κ2) is 4.79. The van der Waals surface area contributed by atoms with Crippen LogP contribution in [-0.4, -0.2) is 34.6 Å². The van der Waals surface area contributed by atoms with Gasteiger partial charge in [-0.3, -0.25) is 9.69 Å². The average Bonchev–Trinajstić information content (AvgIpc) is 2.16. The van der Waals surface area contributed by atoms with E-state index >= 15 is 0 Å². The van der Waals surface area contributed by atoms with Crippen LogP contribution in [0.3, 0.4) is 0 Å². The van der Waals surface area contributed by atoms with Crippen LogP contribution >= 0.6 is 0 Å². The van der Waals surface area contributed by atoms with Crippen LogP contribution in [0.1, 0.15) is 40.0 Å². The summed E-state index contributed by atoms with van der Waals surface area (Å²) < 4.78 is 0. The number of carboxylic acids is 1. The van der Waals surface area contributed by atoms with Gasteiger partial charge in [-0.25, -0.2) is 0 Å². The SMILES string of the molecule is CC(C)=CCN1CCCCC1(C)C(=O)O. The molecule has 0 radical (unpaired) electrons. The molecule has 1 fully saturated rings. The van der Waals surface area contributed by atoms with E-state index in [1.54, 1.807) is 0 Å². The highest BCUT2D eigenvalue weighted by Crippen LogP contribution is 2.28. The lowest BCUT2D eigenvalue weighted by atomic mass is 9.88. The van der Waals surface area contributed by atoms with Crippen LogP contribution in [0.5, 0.6) is 0 Å². The van der Waals surface area contributed by atoms with Crippen LogP contribution in [0.2, 0.25) is 0 Å². The maximum absolute atomic E-state index is 11.3. The summed E-state index contributed by atoms with van der Waals surface area (Å²) in [5.74, 6) is -0.690. The Morgan fingerprint density at radius 1 is 1.47 bits per heavy atom. The number of hydrogen-bond acceptors (Lipinski definition) is 2. The Balaban J connectivity index is 2.74. The molecule has 1 unspecified atom stereocenters. The van der Waals surface area contributed by atoms with Crippen molar-refractivity contribution in [3.8, 4) is 0 Å². The number of likely N-dealkylation sites (tertiary alicyclic amines) is 1. The van der Waals surface area contributed by atoms with E-state index in [1.165, 1.54) is 5.57 Å². The van der Waals surface area contributed by atoms with Crippen molar-refractivity contribution in [2.45, 2.75) is 45.6 Å². The maximum atomic E-state index is 11.3. The molecule has 3 nitrogen and oxygen atoms in total. The average molecular weight is 211 g/mol. The first-order valence-corrected chi connectivity index (χ1v) is 5.58. The normalized spacial score (nSPS) is 27.4. The van der Waals surface area contributed by atoms with Gasteiger partial charge in [-0.1, -0.05) is 11.6 Å². The predicted molar refractivity (Wildman–Crippen MR) is 60.9 cm³/mol. The molecule has 0 saturated carbocycles. The number of carboxylic acid groups (broad SMARTS) is 1. The van der Waals surface area contributed by atoms with Crippen LogP contribution < -0.4 is 0 Å². The second-order valence-electron chi connectivity index (χ2n) is 4.76. The predicted octanol–water partition coefficient (Wildman–Crippen LogP) is 2.28. The summed E-state index contributed by atoms with van der Waals surface area (Å²) in [7, 11) is 0. The third-order valence-corrected chi connectivity index (χ3v) is 3.22. The standard InChI is InChI=1S/C12H21NO2/c1-10(2)6-9-13-8-5-4-7-12(13,3)11(14)15/h6H,4-5,7-9H2,1-3H3,(H,14,15). The van der Waals surface area contributed by atoms with Gasteiger partial charge in [0.2, 0.25) is 0 Å². The van der Waals surface area contributed by atoms with Gasteiger partial charge in [-0.05, 0) is 46.6 Å². The molecule has 0 aromatic carbocycles. The molecule has 1 N–H and O–H groups in total. The molecule has 86 valence electrons. The topological polar surface area (TPSA) is 40.5 Å². The van der Waals surface area contributed by atoms with Crippen molar-refractivity contribution in [1.29, 1.82) is 0 Å². The van der Waals surface area contributed by atoms with Gasteiger partial charge in [-0.15, -0.1) is 0 Å². The lowest BCUT2D eigenvalue weighted by Crippen LogP contribution is -2.55. The number of rotatable bonds is 3. The van der Waals surface area contributed by atoms with Gasteiger partial charge in [0.05, 0.1) is 0 Å². The van der Waals surface area contributed by atoms with Crippen molar-refractivity contribution >= 4 is 5.97 Å². The highest BCUT2D eigenvalue weighted by atomic mass is 16.4. The van der Waals surface area contributed by atoms with Gasteiger partial charge in [-0.2, -0.15) is 0 Å². The smallest absolute Gasteiger partial charge is 0.323 e. The number of aliphatic carboxylic acids is 1.